The number of nitrogens with zero attached hydrogens (tertiary/aromatic N) is 2. The minimum absolute atomic E-state index is 0.115. The summed E-state index contributed by atoms with van der Waals surface area (Å²) in [4.78, 5) is 7.40. The molecule has 20 heavy (non-hydrogen) atoms. The van der Waals surface area contributed by atoms with Gasteiger partial charge in [0.2, 0.25) is 5.95 Å². The number of hydrogen-bond acceptors (Lipinski definition) is 4. The molecule has 0 aliphatic carbocycles. The van der Waals surface area contributed by atoms with Gasteiger partial charge in [0.25, 0.3) is 0 Å². The van der Waals surface area contributed by atoms with Gasteiger partial charge in [-0.25, -0.2) is 10.4 Å². The largest absolute Gasteiger partial charge is 0.507 e. The lowest BCUT2D eigenvalue weighted by molar-refractivity contribution is 0.474. The van der Waals surface area contributed by atoms with Crippen LogP contribution in [0.2, 0.25) is 5.02 Å². The molecule has 1 aromatic heterocycles. The lowest BCUT2D eigenvalue weighted by Gasteiger charge is -1.99. The molecule has 0 bridgehead atoms. The van der Waals surface area contributed by atoms with Crippen LogP contribution in [0.5, 0.6) is 5.75 Å². The van der Waals surface area contributed by atoms with Gasteiger partial charge in [-0.1, -0.05) is 23.7 Å². The van der Waals surface area contributed by atoms with E-state index in [4.69, 9.17) is 11.6 Å². The Kier molecular flexibility index (Phi) is 3.26. The molecule has 1 heterocycles. The Balaban J connectivity index is 1.78. The number of para-hydroxylation sites is 2. The number of phenols is 1. The van der Waals surface area contributed by atoms with E-state index in [2.05, 4.69) is 20.5 Å². The fraction of sp³-hybridized carbons (Fsp3) is 0. The molecule has 0 saturated carbocycles. The van der Waals surface area contributed by atoms with Crippen LogP contribution in [0.15, 0.2) is 47.6 Å². The maximum atomic E-state index is 9.65. The lowest BCUT2D eigenvalue weighted by Crippen LogP contribution is -1.92. The molecular formula is C14H11ClN4O. The molecule has 0 spiro atoms. The normalized spacial score (nSPS) is 11.2. The molecular weight excluding hydrogens is 276 g/mol. The molecule has 0 unspecified atom stereocenters. The van der Waals surface area contributed by atoms with Crippen molar-refractivity contribution >= 4 is 34.8 Å². The molecule has 5 nitrogen and oxygen atoms in total. The third-order valence-electron chi connectivity index (χ3n) is 2.75. The van der Waals surface area contributed by atoms with Gasteiger partial charge in [0, 0.05) is 10.6 Å². The van der Waals surface area contributed by atoms with E-state index in [9.17, 15) is 5.11 Å². The van der Waals surface area contributed by atoms with E-state index in [-0.39, 0.29) is 5.75 Å². The van der Waals surface area contributed by atoms with E-state index in [0.29, 0.717) is 16.5 Å². The quantitative estimate of drug-likeness (QED) is 0.510. The van der Waals surface area contributed by atoms with Gasteiger partial charge in [0.15, 0.2) is 0 Å². The second-order valence-electron chi connectivity index (χ2n) is 4.18. The van der Waals surface area contributed by atoms with Crippen LogP contribution in [0.1, 0.15) is 5.56 Å². The number of H-pyrrole nitrogens is 1. The maximum Gasteiger partial charge on any atom is 0.222 e. The number of fused-ring (bicyclic) bond motifs is 1. The van der Waals surface area contributed by atoms with Gasteiger partial charge < -0.3 is 10.1 Å². The van der Waals surface area contributed by atoms with Gasteiger partial charge in [-0.05, 0) is 30.3 Å². The molecule has 3 N–H and O–H groups in total. The van der Waals surface area contributed by atoms with Crippen molar-refractivity contribution in [1.29, 1.82) is 0 Å². The monoisotopic (exact) mass is 286 g/mol. The zero-order valence-corrected chi connectivity index (χ0v) is 11.1. The van der Waals surface area contributed by atoms with E-state index < -0.39 is 0 Å². The van der Waals surface area contributed by atoms with Crippen LogP contribution < -0.4 is 5.43 Å². The summed E-state index contributed by atoms with van der Waals surface area (Å²) < 4.78 is 0. The number of anilines is 1. The van der Waals surface area contributed by atoms with E-state index >= 15 is 0 Å². The third-order valence-corrected chi connectivity index (χ3v) is 2.99. The van der Waals surface area contributed by atoms with Crippen LogP contribution in [-0.2, 0) is 0 Å². The number of halogens is 1. The number of aromatic hydroxyl groups is 1. The van der Waals surface area contributed by atoms with E-state index in [1.54, 1.807) is 12.1 Å². The summed E-state index contributed by atoms with van der Waals surface area (Å²) in [5.41, 5.74) is 5.09. The summed E-state index contributed by atoms with van der Waals surface area (Å²) in [6.07, 6.45) is 1.48. The predicted molar refractivity (Wildman–Crippen MR) is 80.4 cm³/mol. The molecule has 0 fully saturated rings. The molecule has 6 heteroatoms. The number of hydrazone groups is 1. The first-order valence-corrected chi connectivity index (χ1v) is 6.32. The van der Waals surface area contributed by atoms with Gasteiger partial charge >= 0.3 is 0 Å². The Morgan fingerprint density at radius 1 is 1.25 bits per heavy atom. The highest BCUT2D eigenvalue weighted by Crippen LogP contribution is 2.19. The van der Waals surface area contributed by atoms with Crippen LogP contribution in [0.25, 0.3) is 11.0 Å². The number of aromatic amines is 1. The molecule has 3 rings (SSSR count). The Morgan fingerprint density at radius 3 is 2.95 bits per heavy atom. The van der Waals surface area contributed by atoms with Gasteiger partial charge in [0.05, 0.1) is 17.2 Å². The van der Waals surface area contributed by atoms with Crippen molar-refractivity contribution in [3.8, 4) is 5.75 Å². The second kappa shape index (κ2) is 5.22. The third kappa shape index (κ3) is 2.57. The molecule has 0 saturated heterocycles. The summed E-state index contributed by atoms with van der Waals surface area (Å²) in [6.45, 7) is 0. The van der Waals surface area contributed by atoms with E-state index in [1.165, 1.54) is 12.3 Å². The molecule has 0 radical (unpaired) electrons. The van der Waals surface area contributed by atoms with E-state index in [1.807, 2.05) is 24.3 Å². The smallest absolute Gasteiger partial charge is 0.222 e. The Hall–Kier alpha value is -2.53. The first-order valence-electron chi connectivity index (χ1n) is 5.95. The first-order chi connectivity index (χ1) is 9.72. The van der Waals surface area contributed by atoms with Crippen LogP contribution in [-0.4, -0.2) is 21.3 Å². The molecule has 0 atom stereocenters. The summed E-state index contributed by atoms with van der Waals surface area (Å²) in [7, 11) is 0. The zero-order chi connectivity index (χ0) is 13.9. The van der Waals surface area contributed by atoms with Crippen molar-refractivity contribution in [2.75, 3.05) is 5.43 Å². The number of rotatable bonds is 3. The highest BCUT2D eigenvalue weighted by molar-refractivity contribution is 6.30. The summed E-state index contributed by atoms with van der Waals surface area (Å²) in [5.74, 6) is 0.647. The van der Waals surface area contributed by atoms with Gasteiger partial charge in [-0.15, -0.1) is 0 Å². The Morgan fingerprint density at radius 2 is 2.10 bits per heavy atom. The SMILES string of the molecule is Oc1ccc(Cl)cc1/C=N/Nc1nc2ccccc2[nH]1. The fourth-order valence-electron chi connectivity index (χ4n) is 1.80. The Labute approximate surface area is 119 Å². The van der Waals surface area contributed by atoms with Gasteiger partial charge in [-0.2, -0.15) is 5.10 Å². The van der Waals surface area contributed by atoms with Crippen molar-refractivity contribution in [2.24, 2.45) is 5.10 Å². The van der Waals surface area contributed by atoms with Gasteiger partial charge in [-0.3, -0.25) is 0 Å². The predicted octanol–water partition coefficient (Wildman–Crippen LogP) is 3.37. The number of nitrogens with one attached hydrogen (secondary N) is 2. The summed E-state index contributed by atoms with van der Waals surface area (Å²) >= 11 is 5.85. The van der Waals surface area contributed by atoms with Crippen molar-refractivity contribution in [3.05, 3.63) is 53.1 Å². The van der Waals surface area contributed by atoms with Crippen LogP contribution in [0.4, 0.5) is 5.95 Å². The number of hydrogen-bond donors (Lipinski definition) is 3. The number of phenolic OH excluding ortho intramolecular Hbond substituents is 1. The minimum atomic E-state index is 0.115. The molecule has 100 valence electrons. The number of imidazole rings is 1. The lowest BCUT2D eigenvalue weighted by atomic mass is 10.2. The molecule has 0 aliphatic rings. The zero-order valence-electron chi connectivity index (χ0n) is 10.3. The van der Waals surface area contributed by atoms with Crippen LogP contribution >= 0.6 is 11.6 Å². The topological polar surface area (TPSA) is 73.3 Å². The van der Waals surface area contributed by atoms with Crippen molar-refractivity contribution in [3.63, 3.8) is 0 Å². The highest BCUT2D eigenvalue weighted by atomic mass is 35.5. The summed E-state index contributed by atoms with van der Waals surface area (Å²) in [5, 5.41) is 14.2. The van der Waals surface area contributed by atoms with Crippen molar-refractivity contribution in [1.82, 2.24) is 9.97 Å². The van der Waals surface area contributed by atoms with Crippen molar-refractivity contribution < 1.29 is 5.11 Å². The molecule has 2 aromatic carbocycles. The average Bonchev–Trinajstić information content (AvgIpc) is 2.85. The number of aromatic nitrogens is 2. The molecule has 3 aromatic rings. The Bertz CT molecular complexity index is 749. The maximum absolute atomic E-state index is 9.65. The average molecular weight is 287 g/mol. The molecule has 0 aliphatic heterocycles. The van der Waals surface area contributed by atoms with Crippen LogP contribution in [0.3, 0.4) is 0 Å². The van der Waals surface area contributed by atoms with Crippen LogP contribution in [0, 0.1) is 0 Å². The van der Waals surface area contributed by atoms with E-state index in [0.717, 1.165) is 11.0 Å². The van der Waals surface area contributed by atoms with Gasteiger partial charge in [0.1, 0.15) is 5.75 Å². The highest BCUT2D eigenvalue weighted by Gasteiger charge is 2.01. The van der Waals surface area contributed by atoms with Crippen molar-refractivity contribution in [2.45, 2.75) is 0 Å². The minimum Gasteiger partial charge on any atom is -0.507 e. The molecule has 0 amide bonds. The number of benzene rings is 2. The standard InChI is InChI=1S/C14H11ClN4O/c15-10-5-6-13(20)9(7-10)8-16-19-14-17-11-3-1-2-4-12(11)18-14/h1-8,20H,(H2,17,18,19)/b16-8+. The first kappa shape index (κ1) is 12.5. The summed E-state index contributed by atoms with van der Waals surface area (Å²) in [6, 6.07) is 12.4. The fourth-order valence-corrected chi connectivity index (χ4v) is 1.98. The second-order valence-corrected chi connectivity index (χ2v) is 4.61.